The maximum absolute atomic E-state index is 13.5. The van der Waals surface area contributed by atoms with Crippen LogP contribution >= 0.6 is 24.0 Å². The Hall–Kier alpha value is -1.66. The Balaban J connectivity index is 0.00000243. The van der Waals surface area contributed by atoms with E-state index in [-0.39, 0.29) is 36.7 Å². The largest absolute Gasteiger partial charge is 0.324 e. The molecule has 1 saturated heterocycles. The zero-order valence-corrected chi connectivity index (χ0v) is 16.0. The summed E-state index contributed by atoms with van der Waals surface area (Å²) in [4.78, 5) is 14.5. The summed E-state index contributed by atoms with van der Waals surface area (Å²) in [6, 6.07) is 12.0. The first-order valence-corrected chi connectivity index (χ1v) is 8.67. The molecule has 1 amide bonds. The Morgan fingerprint density at radius 3 is 2.88 bits per heavy atom. The van der Waals surface area contributed by atoms with Crippen molar-refractivity contribution in [2.24, 2.45) is 0 Å². The van der Waals surface area contributed by atoms with Crippen LogP contribution in [0.4, 0.5) is 10.1 Å². The fraction of sp³-hybridized carbons (Fsp3) is 0.316. The Morgan fingerprint density at radius 1 is 1.35 bits per heavy atom. The predicted molar refractivity (Wildman–Crippen MR) is 106 cm³/mol. The lowest BCUT2D eigenvalue weighted by molar-refractivity contribution is -0.118. The van der Waals surface area contributed by atoms with Crippen molar-refractivity contribution in [1.29, 1.82) is 0 Å². The first-order valence-electron chi connectivity index (χ1n) is 8.29. The summed E-state index contributed by atoms with van der Waals surface area (Å²) in [7, 11) is 0. The van der Waals surface area contributed by atoms with Crippen molar-refractivity contribution in [3.05, 3.63) is 64.4 Å². The normalized spacial score (nSPS) is 17.4. The van der Waals surface area contributed by atoms with Crippen LogP contribution in [-0.2, 0) is 4.79 Å². The van der Waals surface area contributed by atoms with E-state index in [2.05, 4.69) is 15.5 Å². The minimum absolute atomic E-state index is 0. The fourth-order valence-electron chi connectivity index (χ4n) is 3.07. The van der Waals surface area contributed by atoms with Gasteiger partial charge in [0.15, 0.2) is 0 Å². The summed E-state index contributed by atoms with van der Waals surface area (Å²) in [6.45, 7) is 4.37. The van der Waals surface area contributed by atoms with E-state index in [0.717, 1.165) is 24.2 Å². The van der Waals surface area contributed by atoms with Crippen molar-refractivity contribution in [3.63, 3.8) is 0 Å². The van der Waals surface area contributed by atoms with Crippen LogP contribution in [0.5, 0.6) is 0 Å². The highest BCUT2D eigenvalue weighted by molar-refractivity contribution is 6.33. The lowest BCUT2D eigenvalue weighted by atomic mass is 10.0. The standard InChI is InChI=1S/C19H21ClFN3O.ClH/c1-13-5-6-17(16(20)9-13)23-19(25)12-24-8-7-22-11-18(24)14-3-2-4-15(21)10-14;/h2-6,9-10,18,22H,7-8,11-12H2,1H3,(H,23,25);1H. The molecule has 2 aromatic rings. The molecule has 3 rings (SSSR count). The molecule has 26 heavy (non-hydrogen) atoms. The smallest absolute Gasteiger partial charge is 0.238 e. The number of hydrogen-bond donors (Lipinski definition) is 2. The van der Waals surface area contributed by atoms with E-state index in [1.54, 1.807) is 12.1 Å². The molecule has 0 bridgehead atoms. The second kappa shape index (κ2) is 9.33. The van der Waals surface area contributed by atoms with Gasteiger partial charge >= 0.3 is 0 Å². The Bertz CT molecular complexity index is 772. The Morgan fingerprint density at radius 2 is 2.15 bits per heavy atom. The van der Waals surface area contributed by atoms with E-state index < -0.39 is 0 Å². The molecule has 2 N–H and O–H groups in total. The molecule has 2 aromatic carbocycles. The highest BCUT2D eigenvalue weighted by atomic mass is 35.5. The minimum atomic E-state index is -0.265. The lowest BCUT2D eigenvalue weighted by Crippen LogP contribution is -2.48. The van der Waals surface area contributed by atoms with Gasteiger partial charge in [0.25, 0.3) is 0 Å². The molecule has 1 fully saturated rings. The molecule has 1 aliphatic heterocycles. The molecule has 1 heterocycles. The number of carbonyl (C=O) groups excluding carboxylic acids is 1. The SMILES string of the molecule is Cc1ccc(NC(=O)CN2CCNCC2c2cccc(F)c2)c(Cl)c1.Cl. The second-order valence-electron chi connectivity index (χ2n) is 6.28. The number of halogens is 3. The second-order valence-corrected chi connectivity index (χ2v) is 6.68. The van der Waals surface area contributed by atoms with Gasteiger partial charge < -0.3 is 10.6 Å². The molecule has 140 valence electrons. The van der Waals surface area contributed by atoms with E-state index in [9.17, 15) is 9.18 Å². The van der Waals surface area contributed by atoms with Gasteiger partial charge in [0.05, 0.1) is 17.3 Å². The summed E-state index contributed by atoms with van der Waals surface area (Å²) in [5.41, 5.74) is 2.51. The molecule has 0 saturated carbocycles. The van der Waals surface area contributed by atoms with Gasteiger partial charge in [0.1, 0.15) is 5.82 Å². The van der Waals surface area contributed by atoms with Crippen LogP contribution in [0.3, 0.4) is 0 Å². The van der Waals surface area contributed by atoms with Gasteiger partial charge in [-0.3, -0.25) is 9.69 Å². The summed E-state index contributed by atoms with van der Waals surface area (Å²) in [5, 5.41) is 6.69. The fourth-order valence-corrected chi connectivity index (χ4v) is 3.36. The van der Waals surface area contributed by atoms with Crippen LogP contribution in [-0.4, -0.2) is 37.0 Å². The number of anilines is 1. The van der Waals surface area contributed by atoms with Crippen molar-refractivity contribution in [1.82, 2.24) is 10.2 Å². The van der Waals surface area contributed by atoms with E-state index in [4.69, 9.17) is 11.6 Å². The van der Waals surface area contributed by atoms with Crippen LogP contribution in [0.1, 0.15) is 17.2 Å². The van der Waals surface area contributed by atoms with Crippen molar-refractivity contribution >= 4 is 35.6 Å². The van der Waals surface area contributed by atoms with Crippen LogP contribution in [0.2, 0.25) is 5.02 Å². The van der Waals surface area contributed by atoms with E-state index in [0.29, 0.717) is 17.3 Å². The number of rotatable bonds is 4. The first kappa shape index (κ1) is 20.6. The third-order valence-electron chi connectivity index (χ3n) is 4.33. The van der Waals surface area contributed by atoms with Crippen molar-refractivity contribution in [2.75, 3.05) is 31.5 Å². The molecule has 1 aliphatic rings. The van der Waals surface area contributed by atoms with Crippen molar-refractivity contribution in [3.8, 4) is 0 Å². The number of hydrogen-bond acceptors (Lipinski definition) is 3. The number of piperazine rings is 1. The summed E-state index contributed by atoms with van der Waals surface area (Å²) < 4.78 is 13.5. The summed E-state index contributed by atoms with van der Waals surface area (Å²) >= 11 is 6.18. The third-order valence-corrected chi connectivity index (χ3v) is 4.65. The highest BCUT2D eigenvalue weighted by Gasteiger charge is 2.26. The minimum Gasteiger partial charge on any atom is -0.324 e. The van der Waals surface area contributed by atoms with Crippen LogP contribution in [0.15, 0.2) is 42.5 Å². The van der Waals surface area contributed by atoms with Crippen molar-refractivity contribution < 1.29 is 9.18 Å². The molecule has 1 atom stereocenters. The topological polar surface area (TPSA) is 44.4 Å². The van der Waals surface area contributed by atoms with Gasteiger partial charge in [-0.25, -0.2) is 4.39 Å². The van der Waals surface area contributed by atoms with E-state index in [1.807, 2.05) is 25.1 Å². The van der Waals surface area contributed by atoms with Gasteiger partial charge in [-0.1, -0.05) is 29.8 Å². The average molecular weight is 398 g/mol. The maximum Gasteiger partial charge on any atom is 0.238 e. The lowest BCUT2D eigenvalue weighted by Gasteiger charge is -2.36. The molecule has 7 heteroatoms. The number of aryl methyl sites for hydroxylation is 1. The third kappa shape index (κ3) is 5.17. The monoisotopic (exact) mass is 397 g/mol. The summed E-state index contributed by atoms with van der Waals surface area (Å²) in [5.74, 6) is -0.395. The Kier molecular flexibility index (Phi) is 7.41. The zero-order valence-electron chi connectivity index (χ0n) is 14.5. The van der Waals surface area contributed by atoms with Crippen LogP contribution < -0.4 is 10.6 Å². The van der Waals surface area contributed by atoms with Gasteiger partial charge in [-0.15, -0.1) is 12.4 Å². The first-order chi connectivity index (χ1) is 12.0. The van der Waals surface area contributed by atoms with Crippen LogP contribution in [0.25, 0.3) is 0 Å². The summed E-state index contributed by atoms with van der Waals surface area (Å²) in [6.07, 6.45) is 0. The molecule has 0 radical (unpaired) electrons. The van der Waals surface area contributed by atoms with Gasteiger partial charge in [0.2, 0.25) is 5.91 Å². The predicted octanol–water partition coefficient (Wildman–Crippen LogP) is 3.79. The highest BCUT2D eigenvalue weighted by Crippen LogP contribution is 2.25. The molecule has 0 aromatic heterocycles. The molecule has 1 unspecified atom stereocenters. The molecular formula is C19H22Cl2FN3O. The number of amides is 1. The molecule has 0 aliphatic carbocycles. The van der Waals surface area contributed by atoms with Crippen LogP contribution in [0, 0.1) is 12.7 Å². The van der Waals surface area contributed by atoms with Gasteiger partial charge in [-0.2, -0.15) is 0 Å². The maximum atomic E-state index is 13.5. The average Bonchev–Trinajstić information content (AvgIpc) is 2.58. The zero-order chi connectivity index (χ0) is 17.8. The number of nitrogens with one attached hydrogen (secondary N) is 2. The van der Waals surface area contributed by atoms with Gasteiger partial charge in [0, 0.05) is 25.7 Å². The quantitative estimate of drug-likeness (QED) is 0.824. The number of carbonyl (C=O) groups is 1. The number of benzene rings is 2. The molecule has 0 spiro atoms. The van der Waals surface area contributed by atoms with E-state index in [1.165, 1.54) is 12.1 Å². The molecule has 4 nitrogen and oxygen atoms in total. The van der Waals surface area contributed by atoms with Crippen molar-refractivity contribution in [2.45, 2.75) is 13.0 Å². The number of nitrogens with zero attached hydrogens (tertiary/aromatic N) is 1. The molecular weight excluding hydrogens is 376 g/mol. The van der Waals surface area contributed by atoms with Gasteiger partial charge in [-0.05, 0) is 42.3 Å². The van der Waals surface area contributed by atoms with E-state index >= 15 is 0 Å². The Labute approximate surface area is 164 Å².